The van der Waals surface area contributed by atoms with Crippen LogP contribution in [0, 0.1) is 6.92 Å². The summed E-state index contributed by atoms with van der Waals surface area (Å²) in [6.45, 7) is 1.51. The van der Waals surface area contributed by atoms with Gasteiger partial charge in [0.05, 0.1) is 19.3 Å². The number of aromatic amines is 1. The number of rotatable bonds is 5. The molecule has 0 saturated heterocycles. The average Bonchev–Trinajstić information content (AvgIpc) is 2.93. The predicted octanol–water partition coefficient (Wildman–Crippen LogP) is 0.873. The fourth-order valence-corrected chi connectivity index (χ4v) is 1.91. The molecule has 0 bridgehead atoms. The van der Waals surface area contributed by atoms with Gasteiger partial charge in [-0.25, -0.2) is 4.79 Å². The standard InChI is InChI=1S/C15H16N4O4/c1-9-7-11(13(18-9)15(22)23-2)19-12(20)8-17-14(21)10-3-5-16-6-4-10/h3-7,18H,8H2,1-2H3,(H,17,21)(H,19,20). The zero-order valence-electron chi connectivity index (χ0n) is 12.7. The third-order valence-electron chi connectivity index (χ3n) is 2.97. The summed E-state index contributed by atoms with van der Waals surface area (Å²) >= 11 is 0. The highest BCUT2D eigenvalue weighted by Gasteiger charge is 2.17. The highest BCUT2D eigenvalue weighted by atomic mass is 16.5. The predicted molar refractivity (Wildman–Crippen MR) is 82.1 cm³/mol. The van der Waals surface area contributed by atoms with Crippen LogP contribution in [0.15, 0.2) is 30.6 Å². The molecule has 23 heavy (non-hydrogen) atoms. The molecule has 0 aliphatic heterocycles. The van der Waals surface area contributed by atoms with E-state index in [2.05, 4.69) is 25.3 Å². The number of methoxy groups -OCH3 is 1. The van der Waals surface area contributed by atoms with Gasteiger partial charge in [-0.15, -0.1) is 0 Å². The van der Waals surface area contributed by atoms with E-state index in [4.69, 9.17) is 0 Å². The van der Waals surface area contributed by atoms with E-state index in [0.29, 0.717) is 16.9 Å². The van der Waals surface area contributed by atoms with Gasteiger partial charge in [-0.3, -0.25) is 14.6 Å². The van der Waals surface area contributed by atoms with Crippen LogP contribution in [0.25, 0.3) is 0 Å². The lowest BCUT2D eigenvalue weighted by atomic mass is 10.2. The number of pyridine rings is 1. The van der Waals surface area contributed by atoms with Crippen molar-refractivity contribution in [3.05, 3.63) is 47.5 Å². The molecule has 0 saturated carbocycles. The first-order valence-electron chi connectivity index (χ1n) is 6.77. The molecule has 0 radical (unpaired) electrons. The second kappa shape index (κ2) is 7.21. The Hall–Kier alpha value is -3.16. The molecule has 0 aliphatic rings. The second-order valence-electron chi connectivity index (χ2n) is 4.70. The van der Waals surface area contributed by atoms with E-state index in [1.165, 1.54) is 31.6 Å². The van der Waals surface area contributed by atoms with Gasteiger partial charge in [0.25, 0.3) is 5.91 Å². The smallest absolute Gasteiger partial charge is 0.356 e. The number of ether oxygens (including phenoxy) is 1. The van der Waals surface area contributed by atoms with Crippen molar-refractivity contribution >= 4 is 23.5 Å². The summed E-state index contributed by atoms with van der Waals surface area (Å²) in [5.74, 6) is -1.44. The van der Waals surface area contributed by atoms with Gasteiger partial charge in [-0.1, -0.05) is 0 Å². The summed E-state index contributed by atoms with van der Waals surface area (Å²) in [6.07, 6.45) is 2.97. The molecule has 2 aromatic rings. The van der Waals surface area contributed by atoms with Crippen molar-refractivity contribution in [2.24, 2.45) is 0 Å². The molecule has 0 spiro atoms. The molecule has 8 nitrogen and oxygen atoms in total. The minimum atomic E-state index is -0.589. The number of anilines is 1. The van der Waals surface area contributed by atoms with Crippen LogP contribution >= 0.6 is 0 Å². The van der Waals surface area contributed by atoms with Gasteiger partial charge in [0.15, 0.2) is 0 Å². The number of H-pyrrole nitrogens is 1. The minimum Gasteiger partial charge on any atom is -0.464 e. The fourth-order valence-electron chi connectivity index (χ4n) is 1.91. The van der Waals surface area contributed by atoms with Crippen LogP contribution in [-0.4, -0.2) is 41.4 Å². The van der Waals surface area contributed by atoms with E-state index in [0.717, 1.165) is 0 Å². The molecule has 2 rings (SSSR count). The zero-order chi connectivity index (χ0) is 16.8. The van der Waals surface area contributed by atoms with Gasteiger partial charge in [0, 0.05) is 23.7 Å². The van der Waals surface area contributed by atoms with Crippen molar-refractivity contribution in [3.8, 4) is 0 Å². The lowest BCUT2D eigenvalue weighted by molar-refractivity contribution is -0.115. The summed E-state index contributed by atoms with van der Waals surface area (Å²) in [4.78, 5) is 42.0. The molecular weight excluding hydrogens is 300 g/mol. The van der Waals surface area contributed by atoms with Crippen molar-refractivity contribution in [1.29, 1.82) is 0 Å². The van der Waals surface area contributed by atoms with Crippen molar-refractivity contribution in [3.63, 3.8) is 0 Å². The van der Waals surface area contributed by atoms with Crippen LogP contribution in [0.4, 0.5) is 5.69 Å². The average molecular weight is 316 g/mol. The van der Waals surface area contributed by atoms with E-state index in [-0.39, 0.29) is 18.1 Å². The Balaban J connectivity index is 1.95. The second-order valence-corrected chi connectivity index (χ2v) is 4.70. The number of nitrogens with zero attached hydrogens (tertiary/aromatic N) is 1. The fraction of sp³-hybridized carbons (Fsp3) is 0.200. The van der Waals surface area contributed by atoms with Crippen LogP contribution in [-0.2, 0) is 9.53 Å². The Morgan fingerprint density at radius 1 is 1.26 bits per heavy atom. The van der Waals surface area contributed by atoms with Gasteiger partial charge in [-0.05, 0) is 25.1 Å². The molecule has 0 unspecified atom stereocenters. The third kappa shape index (κ3) is 4.16. The molecule has 2 aromatic heterocycles. The minimum absolute atomic E-state index is 0.152. The molecule has 0 aliphatic carbocycles. The van der Waals surface area contributed by atoms with Gasteiger partial charge >= 0.3 is 5.97 Å². The van der Waals surface area contributed by atoms with E-state index in [1.807, 2.05) is 0 Å². The lowest BCUT2D eigenvalue weighted by Crippen LogP contribution is -2.33. The summed E-state index contributed by atoms with van der Waals surface area (Å²) in [5.41, 5.74) is 1.55. The number of hydrogen-bond donors (Lipinski definition) is 3. The number of nitrogens with one attached hydrogen (secondary N) is 3. The highest BCUT2D eigenvalue weighted by molar-refractivity contribution is 6.03. The van der Waals surface area contributed by atoms with Crippen LogP contribution in [0.2, 0.25) is 0 Å². The SMILES string of the molecule is COC(=O)c1[nH]c(C)cc1NC(=O)CNC(=O)c1ccncc1. The van der Waals surface area contributed by atoms with Crippen LogP contribution in [0.5, 0.6) is 0 Å². The number of carbonyl (C=O) groups is 3. The molecule has 2 amide bonds. The van der Waals surface area contributed by atoms with Crippen molar-refractivity contribution < 1.29 is 19.1 Å². The van der Waals surface area contributed by atoms with Crippen LogP contribution in [0.3, 0.4) is 0 Å². The van der Waals surface area contributed by atoms with Crippen LogP contribution in [0.1, 0.15) is 26.5 Å². The number of aryl methyl sites for hydroxylation is 1. The monoisotopic (exact) mass is 316 g/mol. The molecule has 2 heterocycles. The maximum Gasteiger partial charge on any atom is 0.356 e. The van der Waals surface area contributed by atoms with E-state index >= 15 is 0 Å². The Bertz CT molecular complexity index is 724. The zero-order valence-corrected chi connectivity index (χ0v) is 12.7. The first kappa shape index (κ1) is 16.2. The number of carbonyl (C=O) groups excluding carboxylic acids is 3. The quantitative estimate of drug-likeness (QED) is 0.708. The Morgan fingerprint density at radius 3 is 2.61 bits per heavy atom. The number of esters is 1. The summed E-state index contributed by atoms with van der Waals surface area (Å²) in [5, 5.41) is 5.04. The maximum absolute atomic E-state index is 11.9. The topological polar surface area (TPSA) is 113 Å². The Morgan fingerprint density at radius 2 is 1.96 bits per heavy atom. The normalized spacial score (nSPS) is 10.0. The van der Waals surface area contributed by atoms with Gasteiger partial charge in [-0.2, -0.15) is 0 Å². The van der Waals surface area contributed by atoms with Gasteiger partial charge in [0.2, 0.25) is 5.91 Å². The maximum atomic E-state index is 11.9. The molecule has 0 fully saturated rings. The number of hydrogen-bond acceptors (Lipinski definition) is 5. The van der Waals surface area contributed by atoms with Crippen molar-refractivity contribution in [1.82, 2.24) is 15.3 Å². The molecule has 0 aromatic carbocycles. The lowest BCUT2D eigenvalue weighted by Gasteiger charge is -2.07. The van der Waals surface area contributed by atoms with E-state index in [1.54, 1.807) is 13.0 Å². The number of aromatic nitrogens is 2. The Labute approximate surface area is 132 Å². The van der Waals surface area contributed by atoms with Crippen LogP contribution < -0.4 is 10.6 Å². The summed E-state index contributed by atoms with van der Waals surface area (Å²) < 4.78 is 4.63. The van der Waals surface area contributed by atoms with Crippen molar-refractivity contribution in [2.45, 2.75) is 6.92 Å². The molecule has 3 N–H and O–H groups in total. The molecule has 120 valence electrons. The highest BCUT2D eigenvalue weighted by Crippen LogP contribution is 2.17. The van der Waals surface area contributed by atoms with Gasteiger partial charge in [0.1, 0.15) is 5.69 Å². The Kier molecular flexibility index (Phi) is 5.08. The first-order chi connectivity index (χ1) is 11.0. The summed E-state index contributed by atoms with van der Waals surface area (Å²) in [7, 11) is 1.25. The number of amides is 2. The molecule has 8 heteroatoms. The van der Waals surface area contributed by atoms with Gasteiger partial charge < -0.3 is 20.4 Å². The van der Waals surface area contributed by atoms with E-state index < -0.39 is 11.9 Å². The first-order valence-corrected chi connectivity index (χ1v) is 6.77. The van der Waals surface area contributed by atoms with Crippen molar-refractivity contribution in [2.75, 3.05) is 19.0 Å². The van der Waals surface area contributed by atoms with E-state index in [9.17, 15) is 14.4 Å². The molecular formula is C15H16N4O4. The summed E-state index contributed by atoms with van der Waals surface area (Å²) in [6, 6.07) is 4.69. The third-order valence-corrected chi connectivity index (χ3v) is 2.97. The molecule has 0 atom stereocenters. The largest absolute Gasteiger partial charge is 0.464 e.